The lowest BCUT2D eigenvalue weighted by Crippen LogP contribution is -2.50. The fraction of sp³-hybridized carbons (Fsp3) is 0.500. The maximum atomic E-state index is 12.4. The van der Waals surface area contributed by atoms with Crippen molar-refractivity contribution in [3.05, 3.63) is 29.3 Å². The van der Waals surface area contributed by atoms with E-state index in [1.165, 1.54) is 12.0 Å². The van der Waals surface area contributed by atoms with Crippen molar-refractivity contribution < 1.29 is 19.1 Å². The van der Waals surface area contributed by atoms with Crippen LogP contribution in [-0.4, -0.2) is 30.9 Å². The minimum atomic E-state index is -0.597. The predicted octanol–water partition coefficient (Wildman–Crippen LogP) is 2.45. The highest BCUT2D eigenvalue weighted by molar-refractivity contribution is 5.93. The molecular weight excluding hydrogens is 284 g/mol. The molecule has 1 aliphatic heterocycles. The van der Waals surface area contributed by atoms with E-state index in [1.807, 2.05) is 20.8 Å². The summed E-state index contributed by atoms with van der Waals surface area (Å²) in [6, 6.07) is 5.08. The molecule has 0 radical (unpaired) electrons. The van der Waals surface area contributed by atoms with Crippen LogP contribution in [0.3, 0.4) is 0 Å². The van der Waals surface area contributed by atoms with Crippen molar-refractivity contribution in [3.8, 4) is 0 Å². The van der Waals surface area contributed by atoms with E-state index in [-0.39, 0.29) is 0 Å². The molecule has 0 aliphatic carbocycles. The van der Waals surface area contributed by atoms with E-state index < -0.39 is 23.8 Å². The summed E-state index contributed by atoms with van der Waals surface area (Å²) >= 11 is 0. The predicted molar refractivity (Wildman–Crippen MR) is 82.8 cm³/mol. The van der Waals surface area contributed by atoms with Crippen LogP contribution in [0.25, 0.3) is 0 Å². The highest BCUT2D eigenvalue weighted by atomic mass is 16.6. The number of ether oxygens (including phenoxy) is 2. The Hall–Kier alpha value is -2.08. The largest absolute Gasteiger partial charge is 0.465 e. The molecule has 1 aromatic carbocycles. The van der Waals surface area contributed by atoms with Gasteiger partial charge in [0, 0.05) is 0 Å². The lowest BCUT2D eigenvalue weighted by molar-refractivity contribution is 0.0560. The molecule has 2 N–H and O–H groups in total. The number of rotatable bonds is 1. The number of methoxy groups -OCH3 is 1. The molecular formula is C16H22N2O4. The fourth-order valence-corrected chi connectivity index (χ4v) is 2.42. The van der Waals surface area contributed by atoms with Gasteiger partial charge in [0.15, 0.2) is 0 Å². The maximum absolute atomic E-state index is 12.4. The number of nitrogens with two attached hydrogens (primary N) is 1. The molecule has 22 heavy (non-hydrogen) atoms. The van der Waals surface area contributed by atoms with Crippen molar-refractivity contribution in [2.24, 2.45) is 5.73 Å². The highest BCUT2D eigenvalue weighted by Gasteiger charge is 2.32. The number of carbonyl (C=O) groups excluding carboxylic acids is 2. The quantitative estimate of drug-likeness (QED) is 0.806. The summed E-state index contributed by atoms with van der Waals surface area (Å²) in [7, 11) is 1.34. The molecule has 0 saturated carbocycles. The number of esters is 1. The molecule has 0 saturated heterocycles. The first-order valence-electron chi connectivity index (χ1n) is 7.22. The van der Waals surface area contributed by atoms with Crippen LogP contribution in [0, 0.1) is 0 Å². The van der Waals surface area contributed by atoms with Gasteiger partial charge in [-0.25, -0.2) is 9.59 Å². The molecule has 1 aliphatic rings. The van der Waals surface area contributed by atoms with Gasteiger partial charge in [-0.3, -0.25) is 4.90 Å². The SMILES string of the molecule is COC(=O)c1ccc2c(c1)CCC(N)N2C(=O)OC(C)(C)C. The van der Waals surface area contributed by atoms with Gasteiger partial charge < -0.3 is 15.2 Å². The smallest absolute Gasteiger partial charge is 0.416 e. The molecule has 120 valence electrons. The summed E-state index contributed by atoms with van der Waals surface area (Å²) in [5.74, 6) is -0.401. The summed E-state index contributed by atoms with van der Waals surface area (Å²) < 4.78 is 10.1. The van der Waals surface area contributed by atoms with E-state index in [0.717, 1.165) is 5.56 Å². The number of aryl methyl sites for hydroxylation is 1. The van der Waals surface area contributed by atoms with Gasteiger partial charge >= 0.3 is 12.1 Å². The summed E-state index contributed by atoms with van der Waals surface area (Å²) in [6.07, 6.45) is 0.385. The van der Waals surface area contributed by atoms with Crippen molar-refractivity contribution in [1.82, 2.24) is 0 Å². The van der Waals surface area contributed by atoms with E-state index in [9.17, 15) is 9.59 Å². The molecule has 0 fully saturated rings. The van der Waals surface area contributed by atoms with Crippen LogP contribution < -0.4 is 10.6 Å². The average Bonchev–Trinajstić information content (AvgIpc) is 2.43. The number of fused-ring (bicyclic) bond motifs is 1. The molecule has 6 nitrogen and oxygen atoms in total. The Bertz CT molecular complexity index is 592. The standard InChI is InChI=1S/C16H22N2O4/c1-16(2,3)22-15(20)18-12-7-5-11(14(19)21-4)9-10(12)6-8-13(18)17/h5,7,9,13H,6,8,17H2,1-4H3. The van der Waals surface area contributed by atoms with Gasteiger partial charge in [0.1, 0.15) is 5.60 Å². The van der Waals surface area contributed by atoms with Crippen molar-refractivity contribution in [1.29, 1.82) is 0 Å². The van der Waals surface area contributed by atoms with Crippen molar-refractivity contribution >= 4 is 17.7 Å². The third kappa shape index (κ3) is 3.39. The molecule has 1 unspecified atom stereocenters. The van der Waals surface area contributed by atoms with Crippen LogP contribution in [0.1, 0.15) is 43.1 Å². The number of carbonyl (C=O) groups is 2. The zero-order valence-corrected chi connectivity index (χ0v) is 13.4. The van der Waals surface area contributed by atoms with Gasteiger partial charge in [-0.05, 0) is 57.4 Å². The zero-order chi connectivity index (χ0) is 16.5. The van der Waals surface area contributed by atoms with Crippen molar-refractivity contribution in [2.75, 3.05) is 12.0 Å². The van der Waals surface area contributed by atoms with Gasteiger partial charge in [0.05, 0.1) is 24.5 Å². The minimum absolute atomic E-state index is 0.401. The third-order valence-corrected chi connectivity index (χ3v) is 3.39. The summed E-state index contributed by atoms with van der Waals surface area (Å²) in [6.45, 7) is 5.42. The van der Waals surface area contributed by atoms with E-state index in [1.54, 1.807) is 18.2 Å². The lowest BCUT2D eigenvalue weighted by Gasteiger charge is -2.36. The Morgan fingerprint density at radius 2 is 2.00 bits per heavy atom. The van der Waals surface area contributed by atoms with Crippen molar-refractivity contribution in [2.45, 2.75) is 45.4 Å². The molecule has 6 heteroatoms. The maximum Gasteiger partial charge on any atom is 0.416 e. The highest BCUT2D eigenvalue weighted by Crippen LogP contribution is 2.31. The van der Waals surface area contributed by atoms with Crippen LogP contribution in [0.4, 0.5) is 10.5 Å². The average molecular weight is 306 g/mol. The Balaban J connectivity index is 2.35. The van der Waals surface area contributed by atoms with Gasteiger partial charge in [-0.15, -0.1) is 0 Å². The first-order chi connectivity index (χ1) is 10.2. The molecule has 1 aromatic rings. The van der Waals surface area contributed by atoms with E-state index in [0.29, 0.717) is 24.1 Å². The zero-order valence-electron chi connectivity index (χ0n) is 13.4. The summed E-state index contributed by atoms with van der Waals surface area (Å²) in [4.78, 5) is 25.5. The van der Waals surface area contributed by atoms with E-state index in [4.69, 9.17) is 15.2 Å². The first-order valence-corrected chi connectivity index (χ1v) is 7.22. The summed E-state index contributed by atoms with van der Waals surface area (Å²) in [5, 5.41) is 0. The van der Waals surface area contributed by atoms with Crippen molar-refractivity contribution in [3.63, 3.8) is 0 Å². The number of anilines is 1. The van der Waals surface area contributed by atoms with E-state index >= 15 is 0 Å². The first kappa shape index (κ1) is 16.3. The number of nitrogens with zero attached hydrogens (tertiary/aromatic N) is 1. The van der Waals surface area contributed by atoms with E-state index in [2.05, 4.69) is 0 Å². The summed E-state index contributed by atoms with van der Waals surface area (Å²) in [5.41, 5.74) is 7.50. The number of hydrogen-bond acceptors (Lipinski definition) is 5. The van der Waals surface area contributed by atoms with Gasteiger partial charge in [-0.2, -0.15) is 0 Å². The Morgan fingerprint density at radius 1 is 1.32 bits per heavy atom. The normalized spacial score (nSPS) is 17.7. The molecule has 0 spiro atoms. The van der Waals surface area contributed by atoms with Gasteiger partial charge in [-0.1, -0.05) is 0 Å². The second kappa shape index (κ2) is 5.96. The second-order valence-corrected chi connectivity index (χ2v) is 6.29. The fourth-order valence-electron chi connectivity index (χ4n) is 2.42. The molecule has 2 rings (SSSR count). The second-order valence-electron chi connectivity index (χ2n) is 6.29. The third-order valence-electron chi connectivity index (χ3n) is 3.39. The topological polar surface area (TPSA) is 81.9 Å². The van der Waals surface area contributed by atoms with Gasteiger partial charge in [0.25, 0.3) is 0 Å². The Labute approximate surface area is 130 Å². The van der Waals surface area contributed by atoms with Crippen LogP contribution in [0.2, 0.25) is 0 Å². The van der Waals surface area contributed by atoms with Crippen LogP contribution >= 0.6 is 0 Å². The molecule has 1 amide bonds. The molecule has 1 heterocycles. The Morgan fingerprint density at radius 3 is 2.59 bits per heavy atom. The molecule has 1 atom stereocenters. The number of benzene rings is 1. The molecule has 0 aromatic heterocycles. The van der Waals surface area contributed by atoms with Crippen LogP contribution in [0.15, 0.2) is 18.2 Å². The van der Waals surface area contributed by atoms with Gasteiger partial charge in [0.2, 0.25) is 0 Å². The lowest BCUT2D eigenvalue weighted by atomic mass is 9.98. The monoisotopic (exact) mass is 306 g/mol. The van der Waals surface area contributed by atoms with Crippen LogP contribution in [0.5, 0.6) is 0 Å². The molecule has 0 bridgehead atoms. The number of amides is 1. The van der Waals surface area contributed by atoms with Crippen LogP contribution in [-0.2, 0) is 15.9 Å². The minimum Gasteiger partial charge on any atom is -0.465 e. The number of hydrogen-bond donors (Lipinski definition) is 1. The Kier molecular flexibility index (Phi) is 4.42.